The zero-order valence-corrected chi connectivity index (χ0v) is 19.8. The molecule has 0 bridgehead atoms. The fourth-order valence-corrected chi connectivity index (χ4v) is 4.17. The summed E-state index contributed by atoms with van der Waals surface area (Å²) in [5, 5.41) is 5.49. The lowest BCUT2D eigenvalue weighted by atomic mass is 10.3. The quantitative estimate of drug-likeness (QED) is 0.538. The smallest absolute Gasteiger partial charge is 0.295 e. The molecule has 0 unspecified atom stereocenters. The van der Waals surface area contributed by atoms with E-state index < -0.39 is 5.82 Å². The van der Waals surface area contributed by atoms with E-state index in [-0.39, 0.29) is 36.2 Å². The highest BCUT2D eigenvalue weighted by molar-refractivity contribution is 5.93. The van der Waals surface area contributed by atoms with Crippen molar-refractivity contribution < 1.29 is 14.0 Å². The Morgan fingerprint density at radius 2 is 1.49 bits per heavy atom. The molecule has 2 amide bonds. The molecule has 1 saturated heterocycles. The molecule has 4 rings (SSSR count). The summed E-state index contributed by atoms with van der Waals surface area (Å²) < 4.78 is 16.5. The van der Waals surface area contributed by atoms with E-state index in [0.717, 1.165) is 5.69 Å². The summed E-state index contributed by atoms with van der Waals surface area (Å²) in [6.45, 7) is 4.61. The van der Waals surface area contributed by atoms with Gasteiger partial charge in [-0.25, -0.2) is 9.07 Å². The summed E-state index contributed by atoms with van der Waals surface area (Å²) in [5.74, 6) is -0.872. The minimum atomic E-state index is -0.403. The van der Waals surface area contributed by atoms with Gasteiger partial charge in [-0.15, -0.1) is 0 Å². The van der Waals surface area contributed by atoms with Crippen molar-refractivity contribution in [2.45, 2.75) is 6.92 Å². The van der Waals surface area contributed by atoms with Crippen LogP contribution in [0, 0.1) is 12.7 Å². The molecule has 0 aliphatic carbocycles. The highest BCUT2D eigenvalue weighted by atomic mass is 19.1. The zero-order chi connectivity index (χ0) is 24.9. The summed E-state index contributed by atoms with van der Waals surface area (Å²) in [6, 6.07) is 15.0. The van der Waals surface area contributed by atoms with Crippen molar-refractivity contribution in [3.63, 3.8) is 0 Å². The molecular formula is C25H29FN6O3. The van der Waals surface area contributed by atoms with E-state index in [9.17, 15) is 18.8 Å². The van der Waals surface area contributed by atoms with Crippen LogP contribution in [0.1, 0.15) is 5.69 Å². The van der Waals surface area contributed by atoms with Gasteiger partial charge in [0, 0.05) is 38.9 Å². The molecular weight excluding hydrogens is 451 g/mol. The molecule has 0 radical (unpaired) electrons. The van der Waals surface area contributed by atoms with Crippen molar-refractivity contribution in [1.82, 2.24) is 19.2 Å². The number of nitrogens with one attached hydrogen (secondary N) is 2. The van der Waals surface area contributed by atoms with Gasteiger partial charge in [0.1, 0.15) is 11.5 Å². The lowest BCUT2D eigenvalue weighted by molar-refractivity contribution is -0.120. The minimum absolute atomic E-state index is 0.155. The number of para-hydroxylation sites is 1. The molecule has 2 heterocycles. The molecule has 1 aliphatic rings. The van der Waals surface area contributed by atoms with Gasteiger partial charge < -0.3 is 10.6 Å². The molecule has 2 N–H and O–H groups in total. The van der Waals surface area contributed by atoms with Crippen LogP contribution in [-0.2, 0) is 16.6 Å². The van der Waals surface area contributed by atoms with Gasteiger partial charge in [-0.05, 0) is 37.3 Å². The molecule has 184 valence electrons. The van der Waals surface area contributed by atoms with E-state index in [0.29, 0.717) is 37.6 Å². The van der Waals surface area contributed by atoms with E-state index in [1.165, 1.54) is 16.8 Å². The van der Waals surface area contributed by atoms with Gasteiger partial charge in [0.25, 0.3) is 5.56 Å². The number of carbonyl (C=O) groups excluding carboxylic acids is 2. The fourth-order valence-electron chi connectivity index (χ4n) is 4.17. The van der Waals surface area contributed by atoms with Gasteiger partial charge in [0.15, 0.2) is 0 Å². The topological polar surface area (TPSA) is 91.6 Å². The number of carbonyl (C=O) groups is 2. The molecule has 0 atom stereocenters. The number of nitrogens with zero attached hydrogens (tertiary/aromatic N) is 4. The Labute approximate surface area is 202 Å². The van der Waals surface area contributed by atoms with Crippen LogP contribution in [0.3, 0.4) is 0 Å². The number of halogens is 1. The molecule has 1 fully saturated rings. The van der Waals surface area contributed by atoms with E-state index in [4.69, 9.17) is 0 Å². The van der Waals surface area contributed by atoms with Crippen molar-refractivity contribution in [2.24, 2.45) is 7.05 Å². The third kappa shape index (κ3) is 5.84. The Morgan fingerprint density at radius 1 is 0.886 bits per heavy atom. The maximum absolute atomic E-state index is 13.3. The third-order valence-corrected chi connectivity index (χ3v) is 6.13. The van der Waals surface area contributed by atoms with Crippen LogP contribution in [0.5, 0.6) is 0 Å². The Kier molecular flexibility index (Phi) is 7.42. The lowest BCUT2D eigenvalue weighted by Gasteiger charge is -2.33. The predicted octanol–water partition coefficient (Wildman–Crippen LogP) is 1.82. The SMILES string of the molecule is Cc1c(NC(=O)CN2CCN(CC(=O)Nc3cccc(F)c3)CC2)c(=O)n(-c2ccccc2)n1C. The summed E-state index contributed by atoms with van der Waals surface area (Å²) in [7, 11) is 1.78. The second-order valence-electron chi connectivity index (χ2n) is 8.60. The van der Waals surface area contributed by atoms with E-state index in [1.54, 1.807) is 30.8 Å². The Bertz CT molecular complexity index is 1260. The molecule has 0 spiro atoms. The van der Waals surface area contributed by atoms with Gasteiger partial charge in [0.2, 0.25) is 11.8 Å². The van der Waals surface area contributed by atoms with E-state index in [1.807, 2.05) is 40.1 Å². The van der Waals surface area contributed by atoms with E-state index in [2.05, 4.69) is 10.6 Å². The van der Waals surface area contributed by atoms with Crippen molar-refractivity contribution in [1.29, 1.82) is 0 Å². The number of hydrogen-bond donors (Lipinski definition) is 2. The van der Waals surface area contributed by atoms with Crippen LogP contribution >= 0.6 is 0 Å². The minimum Gasteiger partial charge on any atom is -0.325 e. The van der Waals surface area contributed by atoms with Crippen molar-refractivity contribution in [3.8, 4) is 5.69 Å². The highest BCUT2D eigenvalue weighted by Gasteiger charge is 2.23. The monoisotopic (exact) mass is 480 g/mol. The van der Waals surface area contributed by atoms with Crippen LogP contribution in [0.25, 0.3) is 5.69 Å². The van der Waals surface area contributed by atoms with Gasteiger partial charge in [-0.1, -0.05) is 24.3 Å². The summed E-state index contributed by atoms with van der Waals surface area (Å²) in [5.41, 5.74) is 1.81. The number of hydrogen-bond acceptors (Lipinski definition) is 5. The average Bonchev–Trinajstić information content (AvgIpc) is 3.04. The van der Waals surface area contributed by atoms with Crippen molar-refractivity contribution in [2.75, 3.05) is 49.9 Å². The second kappa shape index (κ2) is 10.7. The molecule has 2 aromatic carbocycles. The molecule has 1 aliphatic heterocycles. The van der Waals surface area contributed by atoms with E-state index >= 15 is 0 Å². The van der Waals surface area contributed by atoms with Crippen LogP contribution in [0.4, 0.5) is 15.8 Å². The Hall–Kier alpha value is -3.76. The lowest BCUT2D eigenvalue weighted by Crippen LogP contribution is -2.50. The molecule has 1 aromatic heterocycles. The van der Waals surface area contributed by atoms with Crippen LogP contribution in [0.2, 0.25) is 0 Å². The van der Waals surface area contributed by atoms with Gasteiger partial charge >= 0.3 is 0 Å². The van der Waals surface area contributed by atoms with Gasteiger partial charge in [-0.3, -0.25) is 28.9 Å². The number of aromatic nitrogens is 2. The number of amides is 2. The summed E-state index contributed by atoms with van der Waals surface area (Å²) in [4.78, 5) is 41.9. The Balaban J connectivity index is 1.28. The number of anilines is 2. The maximum Gasteiger partial charge on any atom is 0.295 e. The molecule has 3 aromatic rings. The van der Waals surface area contributed by atoms with Gasteiger partial charge in [-0.2, -0.15) is 0 Å². The van der Waals surface area contributed by atoms with Crippen LogP contribution in [0.15, 0.2) is 59.4 Å². The third-order valence-electron chi connectivity index (χ3n) is 6.13. The fraction of sp³-hybridized carbons (Fsp3) is 0.320. The maximum atomic E-state index is 13.3. The number of benzene rings is 2. The molecule has 10 heteroatoms. The number of piperazine rings is 1. The second-order valence-corrected chi connectivity index (χ2v) is 8.60. The zero-order valence-electron chi connectivity index (χ0n) is 19.8. The molecule has 0 saturated carbocycles. The first-order chi connectivity index (χ1) is 16.8. The first-order valence-electron chi connectivity index (χ1n) is 11.5. The van der Waals surface area contributed by atoms with Crippen molar-refractivity contribution in [3.05, 3.63) is 76.5 Å². The van der Waals surface area contributed by atoms with Crippen LogP contribution < -0.4 is 16.2 Å². The van der Waals surface area contributed by atoms with Gasteiger partial charge in [0.05, 0.1) is 24.5 Å². The van der Waals surface area contributed by atoms with Crippen LogP contribution in [-0.4, -0.2) is 70.2 Å². The molecule has 35 heavy (non-hydrogen) atoms. The highest BCUT2D eigenvalue weighted by Crippen LogP contribution is 2.14. The average molecular weight is 481 g/mol. The summed E-state index contributed by atoms with van der Waals surface area (Å²) in [6.07, 6.45) is 0. The largest absolute Gasteiger partial charge is 0.325 e. The normalized spacial score (nSPS) is 14.6. The van der Waals surface area contributed by atoms with Crippen molar-refractivity contribution >= 4 is 23.2 Å². The number of rotatable bonds is 7. The predicted molar refractivity (Wildman–Crippen MR) is 132 cm³/mol. The first kappa shape index (κ1) is 24.4. The summed E-state index contributed by atoms with van der Waals surface area (Å²) >= 11 is 0. The first-order valence-corrected chi connectivity index (χ1v) is 11.5. The Morgan fingerprint density at radius 3 is 2.09 bits per heavy atom. The molecule has 9 nitrogen and oxygen atoms in total. The standard InChI is InChI=1S/C25H29FN6O3/c1-18-24(25(35)32(29(18)2)21-9-4-3-5-10-21)28-23(34)17-31-13-11-30(12-14-31)16-22(33)27-20-8-6-7-19(26)15-20/h3-10,15H,11-14,16-17H2,1-2H3,(H,27,33)(H,28,34).